The van der Waals surface area contributed by atoms with Gasteiger partial charge in [-0.05, 0) is 19.1 Å². The molecule has 0 spiro atoms. The first-order chi connectivity index (χ1) is 7.24. The number of hydrogen-bond donors (Lipinski definition) is 1. The number of esters is 1. The first-order valence-electron chi connectivity index (χ1n) is 4.69. The van der Waals surface area contributed by atoms with Crippen LogP contribution in [0, 0.1) is 0 Å². The maximum atomic E-state index is 11.6. The number of carbonyl (C=O) groups is 1. The molecular formula is C10H11ClN2O2. The van der Waals surface area contributed by atoms with E-state index in [2.05, 4.69) is 5.32 Å². The summed E-state index contributed by atoms with van der Waals surface area (Å²) in [5.74, 6) is -0.316. The fourth-order valence-corrected chi connectivity index (χ4v) is 1.76. The predicted molar refractivity (Wildman–Crippen MR) is 56.6 cm³/mol. The molecule has 2 aliphatic heterocycles. The molecule has 0 unspecified atom stereocenters. The lowest BCUT2D eigenvalue weighted by Crippen LogP contribution is -2.39. The van der Waals surface area contributed by atoms with E-state index in [9.17, 15) is 4.79 Å². The monoisotopic (exact) mass is 226 g/mol. The van der Waals surface area contributed by atoms with E-state index in [0.717, 1.165) is 0 Å². The third-order valence-electron chi connectivity index (χ3n) is 2.21. The maximum Gasteiger partial charge on any atom is 0.338 e. The van der Waals surface area contributed by atoms with Gasteiger partial charge in [-0.1, -0.05) is 11.6 Å². The Labute approximate surface area is 92.8 Å². The third-order valence-corrected chi connectivity index (χ3v) is 2.52. The van der Waals surface area contributed by atoms with E-state index in [0.29, 0.717) is 17.3 Å². The van der Waals surface area contributed by atoms with E-state index >= 15 is 0 Å². The lowest BCUT2D eigenvalue weighted by molar-refractivity contribution is -0.139. The van der Waals surface area contributed by atoms with Crippen LogP contribution in [-0.2, 0) is 9.53 Å². The average molecular weight is 227 g/mol. The number of nitrogens with one attached hydrogen (secondary N) is 1. The second kappa shape index (κ2) is 3.98. The van der Waals surface area contributed by atoms with Gasteiger partial charge in [0.25, 0.3) is 0 Å². The van der Waals surface area contributed by atoms with E-state index in [1.54, 1.807) is 30.2 Å². The van der Waals surface area contributed by atoms with Crippen molar-refractivity contribution in [2.75, 3.05) is 6.61 Å². The zero-order valence-corrected chi connectivity index (χ0v) is 8.99. The smallest absolute Gasteiger partial charge is 0.338 e. The summed E-state index contributed by atoms with van der Waals surface area (Å²) in [5.41, 5.74) is 0.561. The van der Waals surface area contributed by atoms with Gasteiger partial charge in [0, 0.05) is 12.4 Å². The van der Waals surface area contributed by atoms with Crippen LogP contribution in [0.5, 0.6) is 0 Å². The highest BCUT2D eigenvalue weighted by Crippen LogP contribution is 2.26. The maximum absolute atomic E-state index is 11.6. The number of allylic oxidation sites excluding steroid dienone is 2. The minimum atomic E-state index is -0.316. The molecule has 0 radical (unpaired) electrons. The van der Waals surface area contributed by atoms with Gasteiger partial charge in [-0.3, -0.25) is 0 Å². The molecular weight excluding hydrogens is 216 g/mol. The quantitative estimate of drug-likeness (QED) is 0.569. The Morgan fingerprint density at radius 1 is 1.73 bits per heavy atom. The molecule has 0 aromatic carbocycles. The van der Waals surface area contributed by atoms with Gasteiger partial charge in [0.2, 0.25) is 0 Å². The largest absolute Gasteiger partial charge is 0.463 e. The van der Waals surface area contributed by atoms with E-state index in [1.165, 1.54) is 0 Å². The van der Waals surface area contributed by atoms with Gasteiger partial charge in [-0.2, -0.15) is 0 Å². The summed E-state index contributed by atoms with van der Waals surface area (Å²) >= 11 is 5.93. The van der Waals surface area contributed by atoms with Crippen LogP contribution in [0.2, 0.25) is 0 Å². The zero-order chi connectivity index (χ0) is 10.8. The van der Waals surface area contributed by atoms with E-state index in [4.69, 9.17) is 16.3 Å². The molecule has 0 bridgehead atoms. The van der Waals surface area contributed by atoms with E-state index in [1.807, 2.05) is 6.20 Å². The number of carbonyl (C=O) groups excluding carboxylic acids is 1. The molecule has 0 aromatic rings. The van der Waals surface area contributed by atoms with Crippen LogP contribution in [-0.4, -0.2) is 23.6 Å². The van der Waals surface area contributed by atoms with Crippen LogP contribution in [0.3, 0.4) is 0 Å². The van der Waals surface area contributed by atoms with Crippen molar-refractivity contribution in [2.45, 2.75) is 13.1 Å². The number of fused-ring (bicyclic) bond motifs is 1. The van der Waals surface area contributed by atoms with Crippen LogP contribution in [0.4, 0.5) is 0 Å². The summed E-state index contributed by atoms with van der Waals surface area (Å²) in [7, 11) is 0. The van der Waals surface area contributed by atoms with Crippen molar-refractivity contribution in [1.29, 1.82) is 0 Å². The second-order valence-electron chi connectivity index (χ2n) is 3.13. The normalized spacial score (nSPS) is 22.8. The molecule has 15 heavy (non-hydrogen) atoms. The Bertz CT molecular complexity index is 374. The molecule has 0 aromatic heterocycles. The number of ether oxygens (including phenoxy) is 1. The van der Waals surface area contributed by atoms with Crippen LogP contribution in [0.25, 0.3) is 0 Å². The molecule has 0 amide bonds. The molecule has 2 rings (SSSR count). The number of nitrogens with zero attached hydrogens (tertiary/aromatic N) is 1. The Morgan fingerprint density at radius 3 is 3.27 bits per heavy atom. The zero-order valence-electron chi connectivity index (χ0n) is 8.24. The van der Waals surface area contributed by atoms with Crippen LogP contribution < -0.4 is 5.32 Å². The van der Waals surface area contributed by atoms with Gasteiger partial charge in [0.15, 0.2) is 0 Å². The summed E-state index contributed by atoms with van der Waals surface area (Å²) in [6, 6.07) is 0. The molecule has 2 aliphatic rings. The lowest BCUT2D eigenvalue weighted by atomic mass is 10.1. The SMILES string of the molecule is CCOC(=O)C1=CC=CN2C(Cl)=CN[C@H]12. The van der Waals surface area contributed by atoms with Gasteiger partial charge in [0.05, 0.1) is 12.2 Å². The molecule has 1 N–H and O–H groups in total. The highest BCUT2D eigenvalue weighted by atomic mass is 35.5. The first-order valence-corrected chi connectivity index (χ1v) is 5.07. The van der Waals surface area contributed by atoms with Gasteiger partial charge in [-0.15, -0.1) is 0 Å². The van der Waals surface area contributed by atoms with Crippen molar-refractivity contribution in [3.63, 3.8) is 0 Å². The van der Waals surface area contributed by atoms with Crippen molar-refractivity contribution in [3.8, 4) is 0 Å². The van der Waals surface area contributed by atoms with Crippen molar-refractivity contribution < 1.29 is 9.53 Å². The Kier molecular flexibility index (Phi) is 2.68. The number of rotatable bonds is 2. The topological polar surface area (TPSA) is 41.6 Å². The molecule has 0 saturated carbocycles. The first kappa shape index (κ1) is 10.1. The van der Waals surface area contributed by atoms with Crippen LogP contribution in [0.15, 0.2) is 35.3 Å². The fourth-order valence-electron chi connectivity index (χ4n) is 1.55. The third kappa shape index (κ3) is 1.72. The summed E-state index contributed by atoms with van der Waals surface area (Å²) < 4.78 is 4.95. The van der Waals surface area contributed by atoms with Crippen molar-refractivity contribution >= 4 is 17.6 Å². The standard InChI is InChI=1S/C10H11ClN2O2/c1-2-15-10(14)7-4-3-5-13-8(11)6-12-9(7)13/h3-6,9,12H,2H2,1H3/t9-/m0/s1. The molecule has 80 valence electrons. The number of halogens is 1. The molecule has 2 heterocycles. The molecule has 1 atom stereocenters. The molecule has 5 heteroatoms. The molecule has 4 nitrogen and oxygen atoms in total. The van der Waals surface area contributed by atoms with Gasteiger partial charge in [-0.25, -0.2) is 4.79 Å². The van der Waals surface area contributed by atoms with Gasteiger partial charge >= 0.3 is 5.97 Å². The summed E-state index contributed by atoms with van der Waals surface area (Å²) in [6.45, 7) is 2.15. The minimum absolute atomic E-state index is 0.235. The molecule has 0 fully saturated rings. The molecule has 0 saturated heterocycles. The summed E-state index contributed by atoms with van der Waals surface area (Å²) in [6.07, 6.45) is 6.74. The van der Waals surface area contributed by atoms with Crippen molar-refractivity contribution in [2.24, 2.45) is 0 Å². The summed E-state index contributed by atoms with van der Waals surface area (Å²) in [5, 5.41) is 3.57. The van der Waals surface area contributed by atoms with E-state index < -0.39 is 0 Å². The van der Waals surface area contributed by atoms with E-state index in [-0.39, 0.29) is 12.1 Å². The Hall–Kier alpha value is -1.42. The Morgan fingerprint density at radius 2 is 2.53 bits per heavy atom. The van der Waals surface area contributed by atoms with Crippen LogP contribution in [0.1, 0.15) is 6.92 Å². The minimum Gasteiger partial charge on any atom is -0.463 e. The van der Waals surface area contributed by atoms with Crippen molar-refractivity contribution in [3.05, 3.63) is 35.3 Å². The van der Waals surface area contributed by atoms with Gasteiger partial charge in [0.1, 0.15) is 11.3 Å². The second-order valence-corrected chi connectivity index (χ2v) is 3.51. The predicted octanol–water partition coefficient (Wildman–Crippen LogP) is 1.27. The van der Waals surface area contributed by atoms with Crippen LogP contribution >= 0.6 is 11.6 Å². The Balaban J connectivity index is 2.18. The highest BCUT2D eigenvalue weighted by Gasteiger charge is 2.32. The highest BCUT2D eigenvalue weighted by molar-refractivity contribution is 6.29. The van der Waals surface area contributed by atoms with Gasteiger partial charge < -0.3 is 15.0 Å². The fraction of sp³-hybridized carbons (Fsp3) is 0.300. The average Bonchev–Trinajstić information content (AvgIpc) is 2.61. The summed E-state index contributed by atoms with van der Waals surface area (Å²) in [4.78, 5) is 13.4. The van der Waals surface area contributed by atoms with Crippen molar-refractivity contribution in [1.82, 2.24) is 10.2 Å². The number of hydrogen-bond acceptors (Lipinski definition) is 4. The molecule has 0 aliphatic carbocycles. The lowest BCUT2D eigenvalue weighted by Gasteiger charge is -2.27.